The quantitative estimate of drug-likeness (QED) is 0.871. The van der Waals surface area contributed by atoms with Crippen molar-refractivity contribution in [2.45, 2.75) is 5.92 Å². The highest BCUT2D eigenvalue weighted by atomic mass is 19.1. The summed E-state index contributed by atoms with van der Waals surface area (Å²) in [5.74, 6) is -0.00228. The predicted molar refractivity (Wildman–Crippen MR) is 69.8 cm³/mol. The Morgan fingerprint density at radius 3 is 2.37 bits per heavy atom. The third kappa shape index (κ3) is 3.45. The Labute approximate surface area is 110 Å². The van der Waals surface area contributed by atoms with E-state index in [2.05, 4.69) is 0 Å². The molecule has 0 spiro atoms. The Morgan fingerprint density at radius 2 is 1.74 bits per heavy atom. The van der Waals surface area contributed by atoms with Crippen LogP contribution in [0, 0.1) is 5.82 Å². The maximum Gasteiger partial charge on any atom is 0.123 e. The van der Waals surface area contributed by atoms with E-state index < -0.39 is 0 Å². The summed E-state index contributed by atoms with van der Waals surface area (Å²) in [6.07, 6.45) is 0. The number of hydrogen-bond acceptors (Lipinski definition) is 3. The molecule has 100 valence electrons. The smallest absolute Gasteiger partial charge is 0.123 e. The molecular formula is C15H15FO3. The van der Waals surface area contributed by atoms with Crippen molar-refractivity contribution >= 4 is 0 Å². The molecule has 0 aliphatic heterocycles. The maximum atomic E-state index is 12.7. The average Bonchev–Trinajstić information content (AvgIpc) is 2.43. The van der Waals surface area contributed by atoms with Crippen LogP contribution in [0.15, 0.2) is 48.5 Å². The van der Waals surface area contributed by atoms with Gasteiger partial charge in [0.1, 0.15) is 17.3 Å². The van der Waals surface area contributed by atoms with Crippen LogP contribution in [0.5, 0.6) is 11.5 Å². The lowest BCUT2D eigenvalue weighted by molar-refractivity contribution is 0.202. The first-order chi connectivity index (χ1) is 9.20. The molecule has 2 aromatic carbocycles. The van der Waals surface area contributed by atoms with Crippen molar-refractivity contribution in [2.24, 2.45) is 0 Å². The molecule has 0 aliphatic rings. The molecule has 0 heterocycles. The van der Waals surface area contributed by atoms with Crippen LogP contribution < -0.4 is 4.74 Å². The van der Waals surface area contributed by atoms with Gasteiger partial charge in [-0.15, -0.1) is 0 Å². The molecule has 0 aliphatic carbocycles. The third-order valence-corrected chi connectivity index (χ3v) is 2.86. The SMILES string of the molecule is OCC(COc1ccc(F)cc1)c1ccccc1O. The molecule has 0 fully saturated rings. The number of aliphatic hydroxyl groups excluding tert-OH is 1. The van der Waals surface area contributed by atoms with Gasteiger partial charge in [-0.1, -0.05) is 18.2 Å². The van der Waals surface area contributed by atoms with Crippen molar-refractivity contribution in [3.63, 3.8) is 0 Å². The Balaban J connectivity index is 2.04. The van der Waals surface area contributed by atoms with E-state index in [4.69, 9.17) is 4.74 Å². The van der Waals surface area contributed by atoms with Crippen molar-refractivity contribution in [1.82, 2.24) is 0 Å². The second kappa shape index (κ2) is 6.20. The highest BCUT2D eigenvalue weighted by molar-refractivity contribution is 5.35. The summed E-state index contributed by atoms with van der Waals surface area (Å²) in [5, 5.41) is 19.1. The zero-order chi connectivity index (χ0) is 13.7. The first kappa shape index (κ1) is 13.4. The molecule has 0 saturated heterocycles. The number of ether oxygens (including phenoxy) is 1. The second-order valence-corrected chi connectivity index (χ2v) is 4.20. The van der Waals surface area contributed by atoms with Crippen molar-refractivity contribution in [2.75, 3.05) is 13.2 Å². The standard InChI is InChI=1S/C15H15FO3/c16-12-5-7-13(8-6-12)19-10-11(9-17)14-3-1-2-4-15(14)18/h1-8,11,17-18H,9-10H2. The van der Waals surface area contributed by atoms with Gasteiger partial charge in [0.15, 0.2) is 0 Å². The van der Waals surface area contributed by atoms with Gasteiger partial charge in [-0.25, -0.2) is 4.39 Å². The fraction of sp³-hybridized carbons (Fsp3) is 0.200. The third-order valence-electron chi connectivity index (χ3n) is 2.86. The van der Waals surface area contributed by atoms with Gasteiger partial charge in [-0.05, 0) is 30.3 Å². The van der Waals surface area contributed by atoms with E-state index in [0.29, 0.717) is 11.3 Å². The van der Waals surface area contributed by atoms with Crippen molar-refractivity contribution < 1.29 is 19.3 Å². The van der Waals surface area contributed by atoms with Gasteiger partial charge in [0.2, 0.25) is 0 Å². The Hall–Kier alpha value is -2.07. The molecule has 0 saturated carbocycles. The molecule has 0 aromatic heterocycles. The minimum absolute atomic E-state index is 0.129. The van der Waals surface area contributed by atoms with Crippen LogP contribution in [0.4, 0.5) is 4.39 Å². The van der Waals surface area contributed by atoms with Crippen LogP contribution in [0.2, 0.25) is 0 Å². The molecule has 19 heavy (non-hydrogen) atoms. The Morgan fingerprint density at radius 1 is 1.05 bits per heavy atom. The fourth-order valence-corrected chi connectivity index (χ4v) is 1.80. The van der Waals surface area contributed by atoms with Crippen LogP contribution in [0.1, 0.15) is 11.5 Å². The molecule has 4 heteroatoms. The number of rotatable bonds is 5. The molecular weight excluding hydrogens is 247 g/mol. The number of aliphatic hydroxyl groups is 1. The molecule has 0 amide bonds. The Kier molecular flexibility index (Phi) is 4.36. The molecule has 2 rings (SSSR count). The number of halogens is 1. The molecule has 2 N–H and O–H groups in total. The van der Waals surface area contributed by atoms with Crippen LogP contribution in [0.3, 0.4) is 0 Å². The number of phenolic OH excluding ortho intramolecular Hbond substituents is 1. The van der Waals surface area contributed by atoms with E-state index in [1.165, 1.54) is 24.3 Å². The number of phenols is 1. The van der Waals surface area contributed by atoms with Gasteiger partial charge >= 0.3 is 0 Å². The summed E-state index contributed by atoms with van der Waals surface area (Å²) < 4.78 is 18.2. The lowest BCUT2D eigenvalue weighted by atomic mass is 10.00. The summed E-state index contributed by atoms with van der Waals surface area (Å²) in [5.41, 5.74) is 0.632. The first-order valence-electron chi connectivity index (χ1n) is 5.98. The van der Waals surface area contributed by atoms with Gasteiger partial charge in [0.25, 0.3) is 0 Å². The second-order valence-electron chi connectivity index (χ2n) is 4.20. The molecule has 3 nitrogen and oxygen atoms in total. The number of benzene rings is 2. The summed E-state index contributed by atoms with van der Waals surface area (Å²) in [7, 11) is 0. The lowest BCUT2D eigenvalue weighted by Crippen LogP contribution is -2.14. The highest BCUT2D eigenvalue weighted by Crippen LogP contribution is 2.26. The summed E-state index contributed by atoms with van der Waals surface area (Å²) in [6.45, 7) is 0.0679. The van der Waals surface area contributed by atoms with E-state index in [0.717, 1.165) is 0 Å². The van der Waals surface area contributed by atoms with Gasteiger partial charge < -0.3 is 14.9 Å². The topological polar surface area (TPSA) is 49.7 Å². The number of para-hydroxylation sites is 1. The van der Waals surface area contributed by atoms with E-state index in [1.54, 1.807) is 24.3 Å². The minimum atomic E-state index is -0.328. The van der Waals surface area contributed by atoms with Crippen LogP contribution in [-0.4, -0.2) is 23.4 Å². The van der Waals surface area contributed by atoms with Crippen LogP contribution in [0.25, 0.3) is 0 Å². The van der Waals surface area contributed by atoms with E-state index in [9.17, 15) is 14.6 Å². The number of hydrogen-bond donors (Lipinski definition) is 2. The van der Waals surface area contributed by atoms with E-state index in [1.807, 2.05) is 0 Å². The molecule has 0 bridgehead atoms. The van der Waals surface area contributed by atoms with Gasteiger partial charge in [0, 0.05) is 11.5 Å². The minimum Gasteiger partial charge on any atom is -0.508 e. The molecule has 0 radical (unpaired) electrons. The maximum absolute atomic E-state index is 12.7. The van der Waals surface area contributed by atoms with E-state index >= 15 is 0 Å². The van der Waals surface area contributed by atoms with Gasteiger partial charge in [-0.2, -0.15) is 0 Å². The summed E-state index contributed by atoms with van der Waals surface area (Å²) in [4.78, 5) is 0. The van der Waals surface area contributed by atoms with Crippen molar-refractivity contribution in [1.29, 1.82) is 0 Å². The van der Waals surface area contributed by atoms with Crippen LogP contribution in [-0.2, 0) is 0 Å². The Bertz CT molecular complexity index is 525. The summed E-state index contributed by atoms with van der Waals surface area (Å²) in [6, 6.07) is 12.5. The summed E-state index contributed by atoms with van der Waals surface area (Å²) >= 11 is 0. The molecule has 1 unspecified atom stereocenters. The largest absolute Gasteiger partial charge is 0.508 e. The zero-order valence-electron chi connectivity index (χ0n) is 10.3. The average molecular weight is 262 g/mol. The van der Waals surface area contributed by atoms with Gasteiger partial charge in [0.05, 0.1) is 13.2 Å². The van der Waals surface area contributed by atoms with Crippen molar-refractivity contribution in [3.8, 4) is 11.5 Å². The van der Waals surface area contributed by atoms with E-state index in [-0.39, 0.29) is 30.7 Å². The highest BCUT2D eigenvalue weighted by Gasteiger charge is 2.15. The normalized spacial score (nSPS) is 12.1. The predicted octanol–water partition coefficient (Wildman–Crippen LogP) is 2.69. The van der Waals surface area contributed by atoms with Crippen LogP contribution >= 0.6 is 0 Å². The molecule has 1 atom stereocenters. The van der Waals surface area contributed by atoms with Crippen molar-refractivity contribution in [3.05, 3.63) is 59.9 Å². The number of aromatic hydroxyl groups is 1. The molecule has 2 aromatic rings. The lowest BCUT2D eigenvalue weighted by Gasteiger charge is -2.16. The van der Waals surface area contributed by atoms with Gasteiger partial charge in [-0.3, -0.25) is 0 Å². The zero-order valence-corrected chi connectivity index (χ0v) is 10.3. The first-order valence-corrected chi connectivity index (χ1v) is 5.98. The monoisotopic (exact) mass is 262 g/mol. The fourth-order valence-electron chi connectivity index (χ4n) is 1.80.